The second-order valence-corrected chi connectivity index (χ2v) is 20.6. The lowest BCUT2D eigenvalue weighted by molar-refractivity contribution is -0.293. The van der Waals surface area contributed by atoms with E-state index in [4.69, 9.17) is 42.6 Å². The van der Waals surface area contributed by atoms with Crippen molar-refractivity contribution < 1.29 is 61.0 Å². The maximum absolute atomic E-state index is 13.9. The maximum Gasteiger partial charge on any atom is 0.308 e. The number of fused-ring (bicyclic) bond motifs is 6. The number of methoxy groups -OCH3 is 1. The summed E-state index contributed by atoms with van der Waals surface area (Å²) in [7, 11) is -1.90. The molecule has 0 aromatic rings. The minimum Gasteiger partial charge on any atom is -0.457 e. The SMILES string of the molecule is C=C1C(C)CC2CCC3OC(CCC45CC6OC7C(OC8CCC(CC(=O)OC9C(CC1C2)OC(CC(O)CS(C)(=O)=O)C9OC)OC8C7O4)C6O5)CC3=C. The van der Waals surface area contributed by atoms with Gasteiger partial charge >= 0.3 is 5.97 Å². The predicted molar refractivity (Wildman–Crippen MR) is 197 cm³/mol. The summed E-state index contributed by atoms with van der Waals surface area (Å²) in [6.07, 6.45) is 3.78. The van der Waals surface area contributed by atoms with Crippen LogP contribution in [0.4, 0.5) is 0 Å². The van der Waals surface area contributed by atoms with E-state index < -0.39 is 76.2 Å². The highest BCUT2D eigenvalue weighted by Crippen LogP contribution is 2.54. The average Bonchev–Trinajstić information content (AvgIpc) is 3.79. The highest BCUT2D eigenvalue weighted by Gasteiger charge is 2.68. The van der Waals surface area contributed by atoms with Crippen molar-refractivity contribution in [3.05, 3.63) is 24.3 Å². The van der Waals surface area contributed by atoms with Crippen LogP contribution < -0.4 is 0 Å². The van der Waals surface area contributed by atoms with Crippen LogP contribution >= 0.6 is 0 Å². The van der Waals surface area contributed by atoms with Crippen LogP contribution in [0.1, 0.15) is 90.4 Å². The van der Waals surface area contributed by atoms with Crippen molar-refractivity contribution in [2.45, 2.75) is 188 Å². The third kappa shape index (κ3) is 7.64. The maximum atomic E-state index is 13.9. The molecular formula is C41H60O13S. The molecular weight excluding hydrogens is 733 g/mol. The average molecular weight is 793 g/mol. The van der Waals surface area contributed by atoms with Crippen molar-refractivity contribution in [3.63, 3.8) is 0 Å². The molecule has 0 aromatic carbocycles. The van der Waals surface area contributed by atoms with Gasteiger partial charge < -0.3 is 47.7 Å². The Balaban J connectivity index is 0.989. The van der Waals surface area contributed by atoms with Crippen LogP contribution in [0.25, 0.3) is 0 Å². The summed E-state index contributed by atoms with van der Waals surface area (Å²) in [4.78, 5) is 13.9. The number of sulfone groups is 1. The molecule has 0 aromatic heterocycles. The van der Waals surface area contributed by atoms with Gasteiger partial charge in [-0.05, 0) is 81.1 Å². The van der Waals surface area contributed by atoms with E-state index in [2.05, 4.69) is 20.1 Å². The van der Waals surface area contributed by atoms with Crippen molar-refractivity contribution in [3.8, 4) is 0 Å². The first-order valence-electron chi connectivity index (χ1n) is 20.8. The first-order valence-corrected chi connectivity index (χ1v) is 22.9. The molecule has 9 saturated heterocycles. The molecule has 0 amide bonds. The third-order valence-corrected chi connectivity index (χ3v) is 15.3. The number of ether oxygens (including phenoxy) is 9. The molecule has 10 rings (SSSR count). The molecule has 1 spiro atoms. The molecule has 1 aliphatic carbocycles. The summed E-state index contributed by atoms with van der Waals surface area (Å²) in [6.45, 7) is 11.2. The fourth-order valence-electron chi connectivity index (χ4n) is 11.8. The van der Waals surface area contributed by atoms with E-state index in [1.165, 1.54) is 12.7 Å². The lowest BCUT2D eigenvalue weighted by Gasteiger charge is -2.47. The van der Waals surface area contributed by atoms with Gasteiger partial charge in [0.2, 0.25) is 0 Å². The van der Waals surface area contributed by atoms with Gasteiger partial charge in [0.25, 0.3) is 0 Å². The standard InChI is InChI=1S/C41H60O13S/c1-20-12-23-6-8-28-21(2)13-27(47-28)10-11-41-18-32-37(53-41)38-39(51-32)40(54-41)35-29(50-38)9-7-26(48-35)17-33(43)52-36-30(15-24(14-23)22(20)3)49-31(34(36)46-4)16-25(42)19-55(5,44)45/h20,23-32,34-40,42H,2-3,6-19H2,1,4-5H3. The molecule has 13 nitrogen and oxygen atoms in total. The van der Waals surface area contributed by atoms with E-state index in [1.807, 2.05) is 0 Å². The lowest BCUT2D eigenvalue weighted by atomic mass is 9.69. The van der Waals surface area contributed by atoms with Gasteiger partial charge in [-0.15, -0.1) is 0 Å². The van der Waals surface area contributed by atoms with Gasteiger partial charge in [-0.3, -0.25) is 4.79 Å². The summed E-state index contributed by atoms with van der Waals surface area (Å²) in [5.41, 5.74) is 2.31. The largest absolute Gasteiger partial charge is 0.457 e. The van der Waals surface area contributed by atoms with Gasteiger partial charge in [-0.1, -0.05) is 25.7 Å². The smallest absolute Gasteiger partial charge is 0.308 e. The van der Waals surface area contributed by atoms with Crippen LogP contribution in [0.5, 0.6) is 0 Å². The summed E-state index contributed by atoms with van der Waals surface area (Å²) in [6, 6.07) is 0. The van der Waals surface area contributed by atoms with Crippen LogP contribution in [-0.2, 0) is 57.3 Å². The quantitative estimate of drug-likeness (QED) is 0.318. The fraction of sp³-hybridized carbons (Fsp3) is 0.878. The third-order valence-electron chi connectivity index (χ3n) is 14.3. The van der Waals surface area contributed by atoms with Crippen LogP contribution in [-0.4, -0.2) is 136 Å². The summed E-state index contributed by atoms with van der Waals surface area (Å²) >= 11 is 0. The number of aliphatic hydroxyl groups excluding tert-OH is 1. The Morgan fingerprint density at radius 3 is 2.40 bits per heavy atom. The molecule has 308 valence electrons. The Hall–Kier alpha value is -1.46. The molecule has 12 bridgehead atoms. The van der Waals surface area contributed by atoms with Gasteiger partial charge in [0.15, 0.2) is 11.9 Å². The zero-order valence-electron chi connectivity index (χ0n) is 32.5. The first-order chi connectivity index (χ1) is 26.2. The molecule has 14 heteroatoms. The van der Waals surface area contributed by atoms with Crippen LogP contribution in [0.2, 0.25) is 0 Å². The monoisotopic (exact) mass is 792 g/mol. The van der Waals surface area contributed by atoms with Gasteiger partial charge in [0, 0.05) is 32.6 Å². The highest BCUT2D eigenvalue weighted by atomic mass is 32.2. The topological polar surface area (TPSA) is 155 Å². The van der Waals surface area contributed by atoms with Crippen molar-refractivity contribution in [2.75, 3.05) is 19.1 Å². The number of hydrogen-bond acceptors (Lipinski definition) is 13. The predicted octanol–water partition coefficient (Wildman–Crippen LogP) is 3.73. The first kappa shape index (κ1) is 39.0. The Kier molecular flexibility index (Phi) is 10.6. The summed E-state index contributed by atoms with van der Waals surface area (Å²) < 4.78 is 83.3. The number of allylic oxidation sites excluding steroid dienone is 1. The minimum absolute atomic E-state index is 0.00664. The number of hydrogen-bond donors (Lipinski definition) is 1. The molecule has 9 aliphatic heterocycles. The van der Waals surface area contributed by atoms with E-state index in [0.29, 0.717) is 43.9 Å². The molecule has 55 heavy (non-hydrogen) atoms. The molecule has 19 unspecified atom stereocenters. The number of esters is 1. The highest BCUT2D eigenvalue weighted by molar-refractivity contribution is 7.90. The van der Waals surface area contributed by atoms with Gasteiger partial charge in [-0.25, -0.2) is 8.42 Å². The summed E-state index contributed by atoms with van der Waals surface area (Å²) in [5.74, 6) is -0.764. The number of rotatable bonds is 5. The Morgan fingerprint density at radius 2 is 1.60 bits per heavy atom. The summed E-state index contributed by atoms with van der Waals surface area (Å²) in [5, 5.41) is 10.8. The fourth-order valence-corrected chi connectivity index (χ4v) is 12.6. The molecule has 1 N–H and O–H groups in total. The van der Waals surface area contributed by atoms with Crippen LogP contribution in [0.15, 0.2) is 24.3 Å². The van der Waals surface area contributed by atoms with Crippen LogP contribution in [0.3, 0.4) is 0 Å². The Labute approximate surface area is 325 Å². The second-order valence-electron chi connectivity index (χ2n) is 18.4. The lowest BCUT2D eigenvalue weighted by Crippen LogP contribution is -2.61. The minimum atomic E-state index is -3.44. The Bertz CT molecular complexity index is 1600. The second kappa shape index (κ2) is 15.0. The van der Waals surface area contributed by atoms with Crippen molar-refractivity contribution in [2.24, 2.45) is 17.8 Å². The zero-order chi connectivity index (χ0) is 38.4. The molecule has 19 atom stereocenters. The number of carbonyl (C=O) groups excluding carboxylic acids is 1. The van der Waals surface area contributed by atoms with Crippen molar-refractivity contribution in [1.82, 2.24) is 0 Å². The zero-order valence-corrected chi connectivity index (χ0v) is 33.3. The molecule has 9 heterocycles. The van der Waals surface area contributed by atoms with Crippen molar-refractivity contribution >= 4 is 15.8 Å². The van der Waals surface area contributed by atoms with E-state index >= 15 is 0 Å². The van der Waals surface area contributed by atoms with Gasteiger partial charge in [-0.2, -0.15) is 0 Å². The molecule has 10 aliphatic rings. The van der Waals surface area contributed by atoms with Crippen LogP contribution in [0, 0.1) is 17.8 Å². The van der Waals surface area contributed by atoms with Crippen molar-refractivity contribution in [1.29, 1.82) is 0 Å². The van der Waals surface area contributed by atoms with E-state index in [9.17, 15) is 18.3 Å². The number of carbonyl (C=O) groups is 1. The van der Waals surface area contributed by atoms with Gasteiger partial charge in [0.1, 0.15) is 46.5 Å². The van der Waals surface area contributed by atoms with Gasteiger partial charge in [0.05, 0.1) is 61.0 Å². The van der Waals surface area contributed by atoms with E-state index in [-0.39, 0.29) is 61.5 Å². The molecule has 1 saturated carbocycles. The molecule has 10 fully saturated rings. The van der Waals surface area contributed by atoms with E-state index in [1.54, 1.807) is 0 Å². The van der Waals surface area contributed by atoms with E-state index in [0.717, 1.165) is 50.4 Å². The number of aliphatic hydroxyl groups is 1. The normalized spacial score (nSPS) is 50.3. The molecule has 0 radical (unpaired) electrons. The Morgan fingerprint density at radius 1 is 0.836 bits per heavy atom.